The van der Waals surface area contributed by atoms with Gasteiger partial charge in [-0.15, -0.1) is 0 Å². The third kappa shape index (κ3) is 3.90. The number of benzene rings is 2. The number of anilines is 1. The van der Waals surface area contributed by atoms with Crippen molar-refractivity contribution in [2.75, 3.05) is 11.6 Å². The lowest BCUT2D eigenvalue weighted by atomic mass is 10.1. The van der Waals surface area contributed by atoms with E-state index in [1.165, 1.54) is 6.07 Å². The second-order valence-corrected chi connectivity index (χ2v) is 6.24. The van der Waals surface area contributed by atoms with Gasteiger partial charge in [-0.05, 0) is 30.7 Å². The van der Waals surface area contributed by atoms with Crippen LogP contribution in [0.2, 0.25) is 0 Å². The fraction of sp³-hybridized carbons (Fsp3) is 0.250. The molecule has 0 aliphatic carbocycles. The van der Waals surface area contributed by atoms with E-state index in [0.29, 0.717) is 11.3 Å². The molecule has 0 aliphatic heterocycles. The van der Waals surface area contributed by atoms with Gasteiger partial charge in [0.25, 0.3) is 0 Å². The molecule has 0 saturated heterocycles. The molecule has 0 saturated carbocycles. The van der Waals surface area contributed by atoms with Crippen LogP contribution in [0.25, 0.3) is 0 Å². The fourth-order valence-corrected chi connectivity index (χ4v) is 2.79. The van der Waals surface area contributed by atoms with Gasteiger partial charge in [-0.2, -0.15) is 0 Å². The van der Waals surface area contributed by atoms with Crippen LogP contribution in [0.4, 0.5) is 10.1 Å². The van der Waals surface area contributed by atoms with Crippen molar-refractivity contribution in [2.45, 2.75) is 18.7 Å². The van der Waals surface area contributed by atoms with Gasteiger partial charge in [0.05, 0.1) is 6.04 Å². The Morgan fingerprint density at radius 3 is 2.65 bits per heavy atom. The molecule has 0 radical (unpaired) electrons. The molecule has 0 aromatic heterocycles. The topological polar surface area (TPSA) is 29.1 Å². The monoisotopic (exact) mass is 291 g/mol. The predicted molar refractivity (Wildman–Crippen MR) is 82.7 cm³/mol. The van der Waals surface area contributed by atoms with Crippen LogP contribution in [0.1, 0.15) is 24.1 Å². The summed E-state index contributed by atoms with van der Waals surface area (Å²) in [4.78, 5) is 0. The Labute approximate surface area is 121 Å². The van der Waals surface area contributed by atoms with E-state index in [4.69, 9.17) is 0 Å². The zero-order valence-corrected chi connectivity index (χ0v) is 12.4. The molecule has 2 nitrogen and oxygen atoms in total. The Balaban J connectivity index is 2.13. The van der Waals surface area contributed by atoms with Gasteiger partial charge in [0, 0.05) is 34.1 Å². The summed E-state index contributed by atoms with van der Waals surface area (Å²) in [5.41, 5.74) is 2.55. The van der Waals surface area contributed by atoms with E-state index in [9.17, 15) is 8.60 Å². The summed E-state index contributed by atoms with van der Waals surface area (Å²) in [6, 6.07) is 14.4. The van der Waals surface area contributed by atoms with Crippen LogP contribution in [-0.4, -0.2) is 10.5 Å². The Bertz CT molecular complexity index is 615. The van der Waals surface area contributed by atoms with Crippen molar-refractivity contribution >= 4 is 16.5 Å². The first-order valence-electron chi connectivity index (χ1n) is 6.46. The summed E-state index contributed by atoms with van der Waals surface area (Å²) in [6.45, 7) is 1.92. The number of hydrogen-bond acceptors (Lipinski definition) is 2. The summed E-state index contributed by atoms with van der Waals surface area (Å²) in [5, 5.41) is 3.27. The highest BCUT2D eigenvalue weighted by atomic mass is 32.2. The Hall–Kier alpha value is -1.68. The van der Waals surface area contributed by atoms with Crippen molar-refractivity contribution in [1.29, 1.82) is 0 Å². The quantitative estimate of drug-likeness (QED) is 0.906. The second-order valence-electron chi connectivity index (χ2n) is 4.81. The van der Waals surface area contributed by atoms with E-state index >= 15 is 0 Å². The number of hydrogen-bond donors (Lipinski definition) is 1. The highest BCUT2D eigenvalue weighted by Crippen LogP contribution is 2.22. The molecule has 2 atom stereocenters. The Morgan fingerprint density at radius 2 is 1.95 bits per heavy atom. The molecule has 0 unspecified atom stereocenters. The van der Waals surface area contributed by atoms with Crippen molar-refractivity contribution in [3.8, 4) is 0 Å². The summed E-state index contributed by atoms with van der Waals surface area (Å²) in [5.74, 6) is 0.321. The molecule has 20 heavy (non-hydrogen) atoms. The first kappa shape index (κ1) is 14.7. The third-order valence-corrected chi connectivity index (χ3v) is 3.79. The van der Waals surface area contributed by atoms with Crippen molar-refractivity contribution in [1.82, 2.24) is 0 Å². The Kier molecular flexibility index (Phi) is 4.90. The molecule has 4 heteroatoms. The SMILES string of the molecule is C[C@@H](Nc1cccc(C[S@@](C)=O)c1)c1ccccc1F. The van der Waals surface area contributed by atoms with Crippen LogP contribution in [0.3, 0.4) is 0 Å². The molecule has 106 valence electrons. The van der Waals surface area contributed by atoms with E-state index in [1.807, 2.05) is 37.3 Å². The number of rotatable bonds is 5. The lowest BCUT2D eigenvalue weighted by Gasteiger charge is -2.17. The van der Waals surface area contributed by atoms with Crippen LogP contribution in [0.15, 0.2) is 48.5 Å². The lowest BCUT2D eigenvalue weighted by Crippen LogP contribution is -2.08. The molecule has 0 heterocycles. The average Bonchev–Trinajstić information content (AvgIpc) is 2.38. The molecular weight excluding hydrogens is 273 g/mol. The minimum Gasteiger partial charge on any atom is -0.378 e. The van der Waals surface area contributed by atoms with E-state index in [1.54, 1.807) is 18.4 Å². The fourth-order valence-electron chi connectivity index (χ4n) is 2.14. The minimum absolute atomic E-state index is 0.126. The van der Waals surface area contributed by atoms with Crippen molar-refractivity contribution in [2.24, 2.45) is 0 Å². The van der Waals surface area contributed by atoms with Crippen LogP contribution in [-0.2, 0) is 16.6 Å². The normalized spacial score (nSPS) is 13.8. The summed E-state index contributed by atoms with van der Waals surface area (Å²) in [6.07, 6.45) is 1.68. The van der Waals surface area contributed by atoms with Crippen LogP contribution < -0.4 is 5.32 Å². The third-order valence-electron chi connectivity index (χ3n) is 3.05. The van der Waals surface area contributed by atoms with E-state index in [2.05, 4.69) is 5.32 Å². The van der Waals surface area contributed by atoms with Gasteiger partial charge in [0.2, 0.25) is 0 Å². The largest absolute Gasteiger partial charge is 0.378 e. The van der Waals surface area contributed by atoms with Crippen LogP contribution in [0, 0.1) is 5.82 Å². The maximum Gasteiger partial charge on any atom is 0.128 e. The molecule has 0 amide bonds. The van der Waals surface area contributed by atoms with Gasteiger partial charge in [-0.25, -0.2) is 4.39 Å². The van der Waals surface area contributed by atoms with Gasteiger partial charge in [0.1, 0.15) is 5.82 Å². The number of halogens is 1. The Morgan fingerprint density at radius 1 is 1.20 bits per heavy atom. The predicted octanol–water partition coefficient (Wildman–Crippen LogP) is 3.88. The first-order valence-corrected chi connectivity index (χ1v) is 8.19. The molecule has 0 spiro atoms. The zero-order chi connectivity index (χ0) is 14.5. The second kappa shape index (κ2) is 6.66. The molecular formula is C16H18FNOS. The standard InChI is InChI=1S/C16H18FNOS/c1-12(15-8-3-4-9-16(15)17)18-14-7-5-6-13(10-14)11-20(2)19/h3-10,12,18H,11H2,1-2H3/t12-,20-/m1/s1. The van der Waals surface area contributed by atoms with E-state index in [0.717, 1.165) is 11.3 Å². The van der Waals surface area contributed by atoms with Gasteiger partial charge >= 0.3 is 0 Å². The van der Waals surface area contributed by atoms with Gasteiger partial charge in [0.15, 0.2) is 0 Å². The summed E-state index contributed by atoms with van der Waals surface area (Å²) in [7, 11) is -0.865. The molecule has 0 bridgehead atoms. The van der Waals surface area contributed by atoms with Crippen molar-refractivity contribution in [3.05, 3.63) is 65.5 Å². The highest BCUT2D eigenvalue weighted by Gasteiger charge is 2.10. The van der Waals surface area contributed by atoms with Gasteiger partial charge in [-0.1, -0.05) is 30.3 Å². The molecule has 2 aromatic carbocycles. The maximum atomic E-state index is 13.7. The average molecular weight is 291 g/mol. The highest BCUT2D eigenvalue weighted by molar-refractivity contribution is 7.83. The maximum absolute atomic E-state index is 13.7. The van der Waals surface area contributed by atoms with Crippen LogP contribution >= 0.6 is 0 Å². The zero-order valence-electron chi connectivity index (χ0n) is 11.6. The van der Waals surface area contributed by atoms with E-state index < -0.39 is 10.8 Å². The summed E-state index contributed by atoms with van der Waals surface area (Å²) >= 11 is 0. The van der Waals surface area contributed by atoms with Gasteiger partial charge in [-0.3, -0.25) is 4.21 Å². The van der Waals surface area contributed by atoms with Gasteiger partial charge < -0.3 is 5.32 Å². The van der Waals surface area contributed by atoms with E-state index in [-0.39, 0.29) is 11.9 Å². The number of nitrogens with one attached hydrogen (secondary N) is 1. The molecule has 0 aliphatic rings. The molecule has 0 fully saturated rings. The lowest BCUT2D eigenvalue weighted by molar-refractivity contribution is 0.600. The molecule has 2 rings (SSSR count). The van der Waals surface area contributed by atoms with Crippen molar-refractivity contribution in [3.63, 3.8) is 0 Å². The summed E-state index contributed by atoms with van der Waals surface area (Å²) < 4.78 is 25.0. The molecule has 1 N–H and O–H groups in total. The minimum atomic E-state index is -0.865. The molecule has 2 aromatic rings. The smallest absolute Gasteiger partial charge is 0.128 e. The van der Waals surface area contributed by atoms with Crippen molar-refractivity contribution < 1.29 is 8.60 Å². The van der Waals surface area contributed by atoms with Crippen LogP contribution in [0.5, 0.6) is 0 Å². The first-order chi connectivity index (χ1) is 9.56.